The van der Waals surface area contributed by atoms with E-state index in [4.69, 9.17) is 0 Å². The first-order valence-corrected chi connectivity index (χ1v) is 27.7. The van der Waals surface area contributed by atoms with Crippen LogP contribution in [0, 0.1) is 0 Å². The lowest BCUT2D eigenvalue weighted by Crippen LogP contribution is -2.46. The van der Waals surface area contributed by atoms with Crippen LogP contribution in [0.1, 0.15) is 132 Å². The van der Waals surface area contributed by atoms with Gasteiger partial charge in [-0.15, -0.1) is 0 Å². The second-order valence-corrected chi connectivity index (χ2v) is 16.9. The Morgan fingerprint density at radius 3 is 0.811 bits per heavy atom. The summed E-state index contributed by atoms with van der Waals surface area (Å²) in [6, 6.07) is 10.3. The van der Waals surface area contributed by atoms with E-state index in [-0.39, 0.29) is 37.9 Å². The summed E-state index contributed by atoms with van der Waals surface area (Å²) >= 11 is 0. The van der Waals surface area contributed by atoms with Crippen molar-refractivity contribution in [1.29, 1.82) is 0 Å². The predicted molar refractivity (Wildman–Crippen MR) is 309 cm³/mol. The Hall–Kier alpha value is -5.95. The maximum Gasteiger partial charge on any atom is 0.323 e. The average molecular weight is 1040 g/mol. The molecule has 420 valence electrons. The van der Waals surface area contributed by atoms with Crippen LogP contribution in [0.3, 0.4) is 0 Å². The van der Waals surface area contributed by atoms with Crippen molar-refractivity contribution in [3.63, 3.8) is 0 Å². The molecule has 0 aliphatic carbocycles. The van der Waals surface area contributed by atoms with Gasteiger partial charge < -0.3 is 53.9 Å². The normalized spacial score (nSPS) is 14.4. The molecule has 1 aromatic carbocycles. The maximum absolute atomic E-state index is 12.3. The fraction of sp³-hybridized carbons (Fsp3) is 0.722. The van der Waals surface area contributed by atoms with Gasteiger partial charge in [-0.1, -0.05) is 37.8 Å². The van der Waals surface area contributed by atoms with E-state index in [0.29, 0.717) is 26.2 Å². The van der Waals surface area contributed by atoms with Crippen molar-refractivity contribution >= 4 is 47.8 Å². The number of urea groups is 3. The maximum atomic E-state index is 12.3. The summed E-state index contributed by atoms with van der Waals surface area (Å²) in [5.41, 5.74) is 1.02. The molecule has 2 aliphatic rings. The number of likely N-dealkylation sites (N-methyl/N-ethyl adjacent to an activating group) is 4. The molecule has 5 rings (SSSR count). The van der Waals surface area contributed by atoms with E-state index >= 15 is 0 Å². The molecule has 0 radical (unpaired) electrons. The van der Waals surface area contributed by atoms with Crippen LogP contribution in [0.15, 0.2) is 30.3 Å². The number of fused-ring (bicyclic) bond motifs is 1. The number of benzene rings is 1. The van der Waals surface area contributed by atoms with Crippen molar-refractivity contribution in [3.8, 4) is 11.4 Å². The predicted octanol–water partition coefficient (Wildman–Crippen LogP) is 9.26. The minimum atomic E-state index is -0.125. The third-order valence-electron chi connectivity index (χ3n) is 13.4. The number of hydrogen-bond acceptors (Lipinski definition) is 14. The van der Waals surface area contributed by atoms with Crippen LogP contribution in [0.2, 0.25) is 0 Å². The molecule has 2 fully saturated rings. The largest absolute Gasteiger partial charge is 0.341 e. The summed E-state index contributed by atoms with van der Waals surface area (Å²) in [5, 5.41) is 0. The minimum absolute atomic E-state index is 0. The molecular weight excluding hydrogens is 935 g/mol. The Morgan fingerprint density at radius 1 is 0.378 bits per heavy atom. The van der Waals surface area contributed by atoms with Crippen molar-refractivity contribution in [2.75, 3.05) is 142 Å². The first-order valence-electron chi connectivity index (χ1n) is 27.7. The van der Waals surface area contributed by atoms with Crippen molar-refractivity contribution in [1.82, 2.24) is 59.3 Å². The third-order valence-corrected chi connectivity index (χ3v) is 13.4. The quantitative estimate of drug-likeness (QED) is 0.0834. The SMILES string of the molecule is C.CCN(CC)C(=O)N(CC)CC.CCN(CC)c1nc(-c2ccccc2)nc(N(CC)CC)n1.CCN(CC)c1nc(N(CC)CC)nc(N(CC)CC)n1.CCN1C(=O)N(CC)C2C1N(CC)C(=O)N2CC. The van der Waals surface area contributed by atoms with Crippen LogP contribution in [-0.2, 0) is 0 Å². The average Bonchev–Trinajstić information content (AvgIpc) is 3.85. The van der Waals surface area contributed by atoms with Crippen LogP contribution in [-0.4, -0.2) is 208 Å². The van der Waals surface area contributed by atoms with Gasteiger partial charge in [0.1, 0.15) is 12.3 Å². The van der Waals surface area contributed by atoms with Crippen LogP contribution < -0.4 is 24.5 Å². The molecule has 20 heteroatoms. The van der Waals surface area contributed by atoms with Gasteiger partial charge in [-0.3, -0.25) is 0 Å². The smallest absolute Gasteiger partial charge is 0.323 e. The fourth-order valence-corrected chi connectivity index (χ4v) is 8.89. The number of carbonyl (C=O) groups excluding carboxylic acids is 3. The van der Waals surface area contributed by atoms with Crippen molar-refractivity contribution < 1.29 is 14.4 Å². The van der Waals surface area contributed by atoms with Gasteiger partial charge in [0.2, 0.25) is 29.7 Å². The molecule has 20 nitrogen and oxygen atoms in total. The Kier molecular flexibility index (Phi) is 30.8. The van der Waals surface area contributed by atoms with Crippen molar-refractivity contribution in [2.24, 2.45) is 0 Å². The summed E-state index contributed by atoms with van der Waals surface area (Å²) in [6.45, 7) is 51.7. The van der Waals surface area contributed by atoms with E-state index in [1.54, 1.807) is 19.6 Å². The highest BCUT2D eigenvalue weighted by atomic mass is 16.2. The summed E-state index contributed by atoms with van der Waals surface area (Å²) in [5.74, 6) is 4.57. The van der Waals surface area contributed by atoms with Gasteiger partial charge in [-0.25, -0.2) is 14.4 Å². The zero-order valence-corrected chi connectivity index (χ0v) is 48.6. The molecule has 0 unspecified atom stereocenters. The van der Waals surface area contributed by atoms with E-state index in [0.717, 1.165) is 133 Å². The Balaban J connectivity index is 0.000000501. The van der Waals surface area contributed by atoms with Gasteiger partial charge >= 0.3 is 18.1 Å². The highest BCUT2D eigenvalue weighted by molar-refractivity contribution is 5.85. The first-order chi connectivity index (χ1) is 35.2. The lowest BCUT2D eigenvalue weighted by Gasteiger charge is -2.27. The molecular formula is C54H101N17O3. The molecule has 3 aromatic rings. The Bertz CT molecular complexity index is 1840. The monoisotopic (exact) mass is 1040 g/mol. The molecule has 0 atom stereocenters. The zero-order chi connectivity index (χ0) is 54.8. The molecule has 2 saturated heterocycles. The second kappa shape index (κ2) is 34.5. The van der Waals surface area contributed by atoms with Crippen LogP contribution in [0.5, 0.6) is 0 Å². The summed E-state index contributed by atoms with van der Waals surface area (Å²) in [6.07, 6.45) is -0.250. The molecule has 0 spiro atoms. The molecule has 2 aromatic heterocycles. The number of amides is 6. The van der Waals surface area contributed by atoms with E-state index < -0.39 is 0 Å². The number of aromatic nitrogens is 6. The van der Waals surface area contributed by atoms with Crippen LogP contribution >= 0.6 is 0 Å². The van der Waals surface area contributed by atoms with Gasteiger partial charge in [0.15, 0.2) is 5.82 Å². The van der Waals surface area contributed by atoms with Crippen molar-refractivity contribution in [3.05, 3.63) is 30.3 Å². The number of hydrogen-bond donors (Lipinski definition) is 0. The summed E-state index contributed by atoms with van der Waals surface area (Å²) in [7, 11) is 0. The topological polar surface area (TPSA) is 164 Å². The lowest BCUT2D eigenvalue weighted by atomic mass is 10.2. The molecule has 2 aliphatic heterocycles. The fourth-order valence-electron chi connectivity index (χ4n) is 8.89. The molecule has 6 amide bonds. The second-order valence-electron chi connectivity index (χ2n) is 16.9. The number of anilines is 5. The first kappa shape index (κ1) is 66.1. The number of carbonyl (C=O) groups is 3. The molecule has 0 N–H and O–H groups in total. The molecule has 4 heterocycles. The molecule has 0 saturated carbocycles. The molecule has 74 heavy (non-hydrogen) atoms. The van der Waals surface area contributed by atoms with E-state index in [2.05, 4.69) is 124 Å². The van der Waals surface area contributed by atoms with Gasteiger partial charge in [0.05, 0.1) is 0 Å². The Labute approximate surface area is 448 Å². The molecule has 0 bridgehead atoms. The van der Waals surface area contributed by atoms with E-state index in [9.17, 15) is 14.4 Å². The van der Waals surface area contributed by atoms with Gasteiger partial charge in [-0.05, 0) is 125 Å². The van der Waals surface area contributed by atoms with Crippen LogP contribution in [0.4, 0.5) is 44.1 Å². The number of rotatable bonds is 24. The number of nitrogens with zero attached hydrogens (tertiary/aromatic N) is 17. The van der Waals surface area contributed by atoms with Gasteiger partial charge in [-0.2, -0.15) is 29.9 Å². The van der Waals surface area contributed by atoms with Crippen LogP contribution in [0.25, 0.3) is 11.4 Å². The highest BCUT2D eigenvalue weighted by Crippen LogP contribution is 2.34. The highest BCUT2D eigenvalue weighted by Gasteiger charge is 2.57. The third kappa shape index (κ3) is 16.5. The van der Waals surface area contributed by atoms with E-state index in [1.807, 2.05) is 95.5 Å². The minimum Gasteiger partial charge on any atom is -0.341 e. The van der Waals surface area contributed by atoms with E-state index in [1.165, 1.54) is 0 Å². The summed E-state index contributed by atoms with van der Waals surface area (Å²) in [4.78, 5) is 85.9. The summed E-state index contributed by atoms with van der Waals surface area (Å²) < 4.78 is 0. The van der Waals surface area contributed by atoms with Crippen molar-refractivity contribution in [2.45, 2.75) is 144 Å². The van der Waals surface area contributed by atoms with Gasteiger partial charge in [0, 0.05) is 123 Å². The standard InChI is InChI=1S/C17H25N5.C15H30N6.C12H22N4O2.C9H20N2O.CH4/c1-5-21(6-2)16-18-15(14-12-10-9-11-13-14)19-17(20-16)22(7-3)8-4;1-7-19(8-2)13-16-14(20(9-3)10-4)18-15(17-13)21(11-5)12-6;1-5-13-9-10(15(7-3)11(13)17)16(8-4)12(18)14(9)6-2;1-5-10(6-2)9(12)11(7-3)8-4;/h9-13H,5-8H2,1-4H3;7-12H2,1-6H3;9-10H,5-8H2,1-4H3;5-8H2,1-4H3;1H4. The Morgan fingerprint density at radius 2 is 0.608 bits per heavy atom. The van der Waals surface area contributed by atoms with Gasteiger partial charge in [0.25, 0.3) is 0 Å². The zero-order valence-electron chi connectivity index (χ0n) is 48.6. The lowest BCUT2D eigenvalue weighted by molar-refractivity contribution is 0.134.